The smallest absolute Gasteiger partial charge is 0.244 e. The molecule has 1 N–H and O–H groups in total. The van der Waals surface area contributed by atoms with Crippen LogP contribution in [0.4, 0.5) is 5.82 Å². The van der Waals surface area contributed by atoms with E-state index in [4.69, 9.17) is 9.47 Å². The van der Waals surface area contributed by atoms with Gasteiger partial charge in [0.1, 0.15) is 5.82 Å². The second-order valence-electron chi connectivity index (χ2n) is 6.69. The Labute approximate surface area is 165 Å². The molecule has 148 valence electrons. The highest BCUT2D eigenvalue weighted by molar-refractivity contribution is 5.91. The Morgan fingerprint density at radius 2 is 2.00 bits per heavy atom. The lowest BCUT2D eigenvalue weighted by Gasteiger charge is -2.32. The maximum atomic E-state index is 12.1. The normalized spacial score (nSPS) is 14.9. The molecule has 0 spiro atoms. The molecule has 1 aromatic carbocycles. The number of nitrogens with one attached hydrogen (secondary N) is 1. The van der Waals surface area contributed by atoms with Crippen LogP contribution >= 0.6 is 0 Å². The Kier molecular flexibility index (Phi) is 6.84. The third kappa shape index (κ3) is 5.22. The van der Waals surface area contributed by atoms with E-state index in [1.54, 1.807) is 45.0 Å². The molecular weight excluding hydrogens is 356 g/mol. The first-order valence-electron chi connectivity index (χ1n) is 9.38. The van der Waals surface area contributed by atoms with E-state index in [0.29, 0.717) is 24.0 Å². The first-order chi connectivity index (χ1) is 13.7. The number of methoxy groups -OCH3 is 2. The van der Waals surface area contributed by atoms with Gasteiger partial charge in [0, 0.05) is 38.1 Å². The van der Waals surface area contributed by atoms with Gasteiger partial charge in [-0.1, -0.05) is 6.07 Å². The zero-order chi connectivity index (χ0) is 19.8. The number of hydrogen-bond donors (Lipinski definition) is 1. The quantitative estimate of drug-likeness (QED) is 0.742. The van der Waals surface area contributed by atoms with Crippen LogP contribution < -0.4 is 19.7 Å². The van der Waals surface area contributed by atoms with Crippen molar-refractivity contribution in [3.05, 3.63) is 48.4 Å². The molecule has 1 fully saturated rings. The topological polar surface area (TPSA) is 76.6 Å². The van der Waals surface area contributed by atoms with Gasteiger partial charge in [0.15, 0.2) is 11.5 Å². The summed E-state index contributed by atoms with van der Waals surface area (Å²) in [5.41, 5.74) is 0.880. The predicted octanol–water partition coefficient (Wildman–Crippen LogP) is 2.54. The summed E-state index contributed by atoms with van der Waals surface area (Å²) in [4.78, 5) is 22.8. The van der Waals surface area contributed by atoms with Gasteiger partial charge in [0.05, 0.1) is 20.4 Å². The lowest BCUT2D eigenvalue weighted by atomic mass is 9.97. The van der Waals surface area contributed by atoms with Gasteiger partial charge in [0.25, 0.3) is 0 Å². The molecule has 0 radical (unpaired) electrons. The van der Waals surface area contributed by atoms with Gasteiger partial charge in [-0.05, 0) is 42.5 Å². The summed E-state index contributed by atoms with van der Waals surface area (Å²) < 4.78 is 10.5. The number of carbonyl (C=O) groups excluding carboxylic acids is 1. The predicted molar refractivity (Wildman–Crippen MR) is 109 cm³/mol. The lowest BCUT2D eigenvalue weighted by molar-refractivity contribution is -0.116. The highest BCUT2D eigenvalue weighted by atomic mass is 16.5. The molecule has 2 heterocycles. The van der Waals surface area contributed by atoms with Crippen LogP contribution in [0.25, 0.3) is 6.08 Å². The number of amides is 1. The Bertz CT molecular complexity index is 803. The summed E-state index contributed by atoms with van der Waals surface area (Å²) in [6.45, 7) is 2.55. The summed E-state index contributed by atoms with van der Waals surface area (Å²) in [6, 6.07) is 5.54. The monoisotopic (exact) mass is 382 g/mol. The molecule has 1 aliphatic rings. The van der Waals surface area contributed by atoms with Gasteiger partial charge in [-0.3, -0.25) is 9.78 Å². The van der Waals surface area contributed by atoms with Crippen molar-refractivity contribution in [2.75, 3.05) is 38.8 Å². The van der Waals surface area contributed by atoms with Crippen molar-refractivity contribution in [2.24, 2.45) is 5.92 Å². The number of piperidine rings is 1. The first-order valence-corrected chi connectivity index (χ1v) is 9.38. The second-order valence-corrected chi connectivity index (χ2v) is 6.69. The van der Waals surface area contributed by atoms with Crippen LogP contribution in [0.2, 0.25) is 0 Å². The zero-order valence-corrected chi connectivity index (χ0v) is 16.3. The second kappa shape index (κ2) is 9.73. The summed E-state index contributed by atoms with van der Waals surface area (Å²) in [5, 5.41) is 3.00. The lowest BCUT2D eigenvalue weighted by Crippen LogP contribution is -2.38. The molecule has 0 atom stereocenters. The number of rotatable bonds is 7. The average molecular weight is 382 g/mol. The molecule has 1 amide bonds. The highest BCUT2D eigenvalue weighted by Gasteiger charge is 2.20. The summed E-state index contributed by atoms with van der Waals surface area (Å²) in [6.07, 6.45) is 10.6. The molecule has 1 aliphatic heterocycles. The van der Waals surface area contributed by atoms with E-state index in [9.17, 15) is 4.79 Å². The average Bonchev–Trinajstić information content (AvgIpc) is 2.77. The molecule has 7 nitrogen and oxygen atoms in total. The minimum atomic E-state index is -0.0915. The Morgan fingerprint density at radius 3 is 2.68 bits per heavy atom. The molecule has 1 aromatic heterocycles. The molecule has 3 rings (SSSR count). The molecule has 7 heteroatoms. The van der Waals surface area contributed by atoms with Gasteiger partial charge in [0.2, 0.25) is 5.91 Å². The summed E-state index contributed by atoms with van der Waals surface area (Å²) in [5.74, 6) is 2.61. The van der Waals surface area contributed by atoms with Crippen molar-refractivity contribution < 1.29 is 14.3 Å². The van der Waals surface area contributed by atoms with Crippen LogP contribution in [0.5, 0.6) is 11.5 Å². The molecule has 0 unspecified atom stereocenters. The number of carbonyl (C=O) groups is 1. The third-order valence-electron chi connectivity index (χ3n) is 4.89. The molecule has 0 saturated carbocycles. The maximum absolute atomic E-state index is 12.1. The van der Waals surface area contributed by atoms with Crippen LogP contribution in [0.3, 0.4) is 0 Å². The van der Waals surface area contributed by atoms with Crippen molar-refractivity contribution in [2.45, 2.75) is 12.8 Å². The summed E-state index contributed by atoms with van der Waals surface area (Å²) in [7, 11) is 3.19. The SMILES string of the molecule is COc1ccc(/C=C/C(=O)NCC2CCN(c3cnccn3)CC2)cc1OC. The Balaban J connectivity index is 1.44. The van der Waals surface area contributed by atoms with Gasteiger partial charge in [-0.25, -0.2) is 4.98 Å². The third-order valence-corrected chi connectivity index (χ3v) is 4.89. The van der Waals surface area contributed by atoms with Gasteiger partial charge >= 0.3 is 0 Å². The van der Waals surface area contributed by atoms with Crippen LogP contribution in [-0.4, -0.2) is 49.7 Å². The minimum Gasteiger partial charge on any atom is -0.493 e. The largest absolute Gasteiger partial charge is 0.493 e. The molecule has 0 bridgehead atoms. The Morgan fingerprint density at radius 1 is 1.21 bits per heavy atom. The van der Waals surface area contributed by atoms with E-state index in [1.165, 1.54) is 0 Å². The van der Waals surface area contributed by atoms with Gasteiger partial charge in [-0.15, -0.1) is 0 Å². The molecule has 0 aliphatic carbocycles. The fraction of sp³-hybridized carbons (Fsp3) is 0.381. The number of hydrogen-bond acceptors (Lipinski definition) is 6. The van der Waals surface area contributed by atoms with E-state index < -0.39 is 0 Å². The van der Waals surface area contributed by atoms with Crippen LogP contribution in [0.1, 0.15) is 18.4 Å². The van der Waals surface area contributed by atoms with Crippen LogP contribution in [-0.2, 0) is 4.79 Å². The van der Waals surface area contributed by atoms with Gasteiger partial charge < -0.3 is 19.7 Å². The number of anilines is 1. The number of nitrogens with zero attached hydrogens (tertiary/aromatic N) is 3. The minimum absolute atomic E-state index is 0.0915. The van der Waals surface area contributed by atoms with Crippen molar-refractivity contribution in [1.82, 2.24) is 15.3 Å². The van der Waals surface area contributed by atoms with Crippen molar-refractivity contribution in [3.8, 4) is 11.5 Å². The molecule has 28 heavy (non-hydrogen) atoms. The van der Waals surface area contributed by atoms with Gasteiger partial charge in [-0.2, -0.15) is 0 Å². The Hall–Kier alpha value is -3.09. The molecule has 1 saturated heterocycles. The van der Waals surface area contributed by atoms with E-state index in [1.807, 2.05) is 18.2 Å². The zero-order valence-electron chi connectivity index (χ0n) is 16.3. The number of benzene rings is 1. The first kappa shape index (κ1) is 19.7. The van der Waals surface area contributed by atoms with Crippen molar-refractivity contribution in [1.29, 1.82) is 0 Å². The van der Waals surface area contributed by atoms with E-state index in [-0.39, 0.29) is 5.91 Å². The molecular formula is C21H26N4O3. The fourth-order valence-corrected chi connectivity index (χ4v) is 3.25. The molecule has 2 aromatic rings. The van der Waals surface area contributed by atoms with Crippen molar-refractivity contribution in [3.63, 3.8) is 0 Å². The fourth-order valence-electron chi connectivity index (χ4n) is 3.25. The summed E-state index contributed by atoms with van der Waals surface area (Å²) >= 11 is 0. The highest BCUT2D eigenvalue weighted by Crippen LogP contribution is 2.28. The van der Waals surface area contributed by atoms with E-state index >= 15 is 0 Å². The standard InChI is InChI=1S/C21H26N4O3/c1-27-18-5-3-16(13-19(18)28-2)4-6-21(26)24-14-17-7-11-25(12-8-17)20-15-22-9-10-23-20/h3-6,9-10,13,15,17H,7-8,11-12,14H2,1-2H3,(H,24,26)/b6-4+. The number of aromatic nitrogens is 2. The van der Waals surface area contributed by atoms with E-state index in [2.05, 4.69) is 20.2 Å². The number of ether oxygens (including phenoxy) is 2. The van der Waals surface area contributed by atoms with Crippen molar-refractivity contribution >= 4 is 17.8 Å². The van der Waals surface area contributed by atoms with Crippen LogP contribution in [0, 0.1) is 5.92 Å². The van der Waals surface area contributed by atoms with E-state index in [0.717, 1.165) is 37.3 Å². The van der Waals surface area contributed by atoms with Crippen LogP contribution in [0.15, 0.2) is 42.9 Å². The maximum Gasteiger partial charge on any atom is 0.244 e.